The molecule has 0 radical (unpaired) electrons. The van der Waals surface area contributed by atoms with Crippen LogP contribution in [0, 0.1) is 13.8 Å². The Labute approximate surface area is 89.2 Å². The fourth-order valence-electron chi connectivity index (χ4n) is 2.39. The molecule has 0 spiro atoms. The molecule has 0 saturated carbocycles. The van der Waals surface area contributed by atoms with Gasteiger partial charge in [-0.05, 0) is 0 Å². The summed E-state index contributed by atoms with van der Waals surface area (Å²) in [5.74, 6) is 0. The van der Waals surface area contributed by atoms with Gasteiger partial charge in [0.05, 0.1) is 0 Å². The number of hydrogen-bond donors (Lipinski definition) is 0. The van der Waals surface area contributed by atoms with Gasteiger partial charge in [-0.2, -0.15) is 0 Å². The Morgan fingerprint density at radius 1 is 1.23 bits per heavy atom. The molecule has 0 N–H and O–H groups in total. The van der Waals surface area contributed by atoms with Crippen LogP contribution >= 0.6 is 0 Å². The second-order valence-electron chi connectivity index (χ2n) is 4.60. The van der Waals surface area contributed by atoms with Crippen LogP contribution < -0.4 is 0 Å². The Morgan fingerprint density at radius 3 is 2.62 bits per heavy atom. The minimum atomic E-state index is 0.229. The third kappa shape index (κ3) is 1.39. The molecule has 62 valence electrons. The van der Waals surface area contributed by atoms with E-state index in [1.807, 2.05) is 0 Å². The standard InChI is InChI=1S/C12H13.Li/c1-8-6-10(3)12-9(2)4-5-11(12)7-8;/h4-7H,1-3H3;. The number of aryl methyl sites for hydroxylation is 2. The van der Waals surface area contributed by atoms with E-state index in [1.54, 1.807) is 0 Å². The molecule has 13 heavy (non-hydrogen) atoms. The first-order valence-corrected chi connectivity index (χ1v) is 4.82. The number of rotatable bonds is 0. The van der Waals surface area contributed by atoms with Gasteiger partial charge in [0.25, 0.3) is 0 Å². The van der Waals surface area contributed by atoms with Crippen LogP contribution in [-0.2, 0) is 4.09 Å². The van der Waals surface area contributed by atoms with Crippen LogP contribution in [-0.4, -0.2) is 17.7 Å². The summed E-state index contributed by atoms with van der Waals surface area (Å²) in [4.78, 5) is 0. The first kappa shape index (κ1) is 9.13. The fourth-order valence-corrected chi connectivity index (χ4v) is 2.39. The molecule has 1 aromatic rings. The molecule has 2 rings (SSSR count). The molecule has 0 aliphatic heterocycles. The van der Waals surface area contributed by atoms with Crippen molar-refractivity contribution in [3.63, 3.8) is 0 Å². The summed E-state index contributed by atoms with van der Waals surface area (Å²) in [5.41, 5.74) is 5.68. The van der Waals surface area contributed by atoms with Crippen LogP contribution in [0.5, 0.6) is 0 Å². The molecule has 0 nitrogen and oxygen atoms in total. The number of benzene rings is 1. The number of fused-ring (bicyclic) bond motifs is 1. The van der Waals surface area contributed by atoms with Gasteiger partial charge in [-0.15, -0.1) is 0 Å². The van der Waals surface area contributed by atoms with Gasteiger partial charge in [0.2, 0.25) is 0 Å². The monoisotopic (exact) mass is 164 g/mol. The zero-order valence-corrected chi connectivity index (χ0v) is 8.81. The fraction of sp³-hybridized carbons (Fsp3) is 0.333. The molecule has 1 unspecified atom stereocenters. The van der Waals surface area contributed by atoms with E-state index in [1.165, 1.54) is 22.3 Å². The van der Waals surface area contributed by atoms with Crippen molar-refractivity contribution in [3.05, 3.63) is 40.5 Å². The molecule has 1 aliphatic carbocycles. The van der Waals surface area contributed by atoms with Crippen molar-refractivity contribution in [2.45, 2.75) is 24.9 Å². The topological polar surface area (TPSA) is 0 Å². The second kappa shape index (κ2) is 2.77. The summed E-state index contributed by atoms with van der Waals surface area (Å²) in [6.45, 7) is 6.64. The van der Waals surface area contributed by atoms with E-state index in [0.29, 0.717) is 0 Å². The van der Waals surface area contributed by atoms with Gasteiger partial charge in [0.15, 0.2) is 0 Å². The second-order valence-corrected chi connectivity index (χ2v) is 4.60. The Hall–Kier alpha value is -0.443. The predicted molar refractivity (Wildman–Crippen MR) is 58.1 cm³/mol. The molecule has 1 aromatic carbocycles. The normalized spacial score (nSPS) is 25.0. The van der Waals surface area contributed by atoms with Crippen molar-refractivity contribution in [1.29, 1.82) is 0 Å². The Bertz CT molecular complexity index is 386. The third-order valence-corrected chi connectivity index (χ3v) is 2.83. The first-order chi connectivity index (χ1) is 6.00. The predicted octanol–water partition coefficient (Wildman–Crippen LogP) is 2.71. The van der Waals surface area contributed by atoms with Crippen LogP contribution in [0.15, 0.2) is 18.2 Å². The Morgan fingerprint density at radius 2 is 1.92 bits per heavy atom. The van der Waals surface area contributed by atoms with Gasteiger partial charge in [-0.3, -0.25) is 0 Å². The number of hydrogen-bond acceptors (Lipinski definition) is 0. The van der Waals surface area contributed by atoms with Gasteiger partial charge in [-0.1, -0.05) is 0 Å². The van der Waals surface area contributed by atoms with Gasteiger partial charge in [-0.25, -0.2) is 0 Å². The van der Waals surface area contributed by atoms with Gasteiger partial charge >= 0.3 is 89.1 Å². The van der Waals surface area contributed by atoms with E-state index in [2.05, 4.69) is 62.8 Å². The van der Waals surface area contributed by atoms with Gasteiger partial charge < -0.3 is 0 Å². The molecule has 1 heteroatoms. The summed E-state index contributed by atoms with van der Waals surface area (Å²) < 4.78 is 0.229. The molecule has 0 amide bonds. The van der Waals surface area contributed by atoms with Crippen molar-refractivity contribution in [2.24, 2.45) is 0 Å². The molecule has 0 bridgehead atoms. The average molecular weight is 164 g/mol. The van der Waals surface area contributed by atoms with Crippen molar-refractivity contribution in [3.8, 4) is 0 Å². The van der Waals surface area contributed by atoms with Crippen molar-refractivity contribution >= 4 is 23.8 Å². The Balaban J connectivity index is 2.71. The Kier molecular flexibility index (Phi) is 1.95. The summed E-state index contributed by atoms with van der Waals surface area (Å²) in [6.07, 6.45) is 4.54. The van der Waals surface area contributed by atoms with E-state index in [4.69, 9.17) is 0 Å². The zero-order valence-electron chi connectivity index (χ0n) is 8.81. The molecule has 1 atom stereocenters. The van der Waals surface area contributed by atoms with Crippen LogP contribution in [0.25, 0.3) is 6.08 Å². The van der Waals surface area contributed by atoms with E-state index < -0.39 is 0 Å². The van der Waals surface area contributed by atoms with E-state index in [0.717, 1.165) is 0 Å². The molecular weight excluding hydrogens is 151 g/mol. The maximum absolute atomic E-state index is 2.30. The molecule has 1 aliphatic rings. The van der Waals surface area contributed by atoms with Crippen LogP contribution in [0.2, 0.25) is 0 Å². The summed E-state index contributed by atoms with van der Waals surface area (Å²) in [6, 6.07) is 4.54. The van der Waals surface area contributed by atoms with Crippen LogP contribution in [0.1, 0.15) is 29.2 Å². The van der Waals surface area contributed by atoms with E-state index in [9.17, 15) is 0 Å². The van der Waals surface area contributed by atoms with Crippen LogP contribution in [0.3, 0.4) is 0 Å². The molecule has 0 aromatic heterocycles. The molecule has 0 heterocycles. The van der Waals surface area contributed by atoms with Gasteiger partial charge in [0, 0.05) is 0 Å². The summed E-state index contributed by atoms with van der Waals surface area (Å²) in [7, 11) is 0. The van der Waals surface area contributed by atoms with Crippen molar-refractivity contribution in [2.75, 3.05) is 0 Å². The summed E-state index contributed by atoms with van der Waals surface area (Å²) >= 11 is 2.28. The number of allylic oxidation sites excluding steroid dienone is 1. The quantitative estimate of drug-likeness (QED) is 0.517. The SMILES string of the molecule is [Li][C]1(C)C=Cc2cc(C)cc(C)c21. The molecular formula is C12H13Li. The van der Waals surface area contributed by atoms with E-state index in [-0.39, 0.29) is 4.09 Å². The average Bonchev–Trinajstić information content (AvgIpc) is 2.26. The molecule has 0 saturated heterocycles. The summed E-state index contributed by atoms with van der Waals surface area (Å²) in [5, 5.41) is 0. The van der Waals surface area contributed by atoms with Crippen molar-refractivity contribution < 1.29 is 0 Å². The molecule has 0 fully saturated rings. The minimum absolute atomic E-state index is 0.229. The maximum atomic E-state index is 2.30. The van der Waals surface area contributed by atoms with Crippen molar-refractivity contribution in [1.82, 2.24) is 0 Å². The van der Waals surface area contributed by atoms with Gasteiger partial charge in [0.1, 0.15) is 0 Å². The third-order valence-electron chi connectivity index (χ3n) is 2.83. The van der Waals surface area contributed by atoms with Crippen LogP contribution in [0.4, 0.5) is 0 Å². The first-order valence-electron chi connectivity index (χ1n) is 4.82. The van der Waals surface area contributed by atoms with E-state index >= 15 is 0 Å². The zero-order chi connectivity index (χ0) is 9.64.